The van der Waals surface area contributed by atoms with Crippen LogP contribution >= 0.6 is 11.3 Å². The first-order chi connectivity index (χ1) is 24.2. The molecule has 0 radical (unpaired) electrons. The Bertz CT molecular complexity index is 2380. The summed E-state index contributed by atoms with van der Waals surface area (Å²) in [4.78, 5) is 2.41. The molecule has 49 heavy (non-hydrogen) atoms. The molecule has 238 valence electrons. The van der Waals surface area contributed by atoms with Crippen LogP contribution < -0.4 is 9.64 Å². The van der Waals surface area contributed by atoms with E-state index in [1.165, 1.54) is 74.5 Å². The summed E-state index contributed by atoms with van der Waals surface area (Å²) in [5.74, 6) is 5.30. The monoisotopic (exact) mass is 651 g/mol. The van der Waals surface area contributed by atoms with Crippen LogP contribution in [-0.2, 0) is 5.41 Å². The van der Waals surface area contributed by atoms with Crippen LogP contribution in [0, 0.1) is 23.7 Å². The molecular formula is C46H37NOS. The van der Waals surface area contributed by atoms with Crippen LogP contribution in [0.5, 0.6) is 11.5 Å². The number of benzene rings is 6. The van der Waals surface area contributed by atoms with Gasteiger partial charge in [0.25, 0.3) is 0 Å². The molecule has 0 saturated heterocycles. The molecule has 0 amide bonds. The fourth-order valence-corrected chi connectivity index (χ4v) is 12.1. The summed E-state index contributed by atoms with van der Waals surface area (Å²) in [6.07, 6.45) is 6.89. The first-order valence-electron chi connectivity index (χ1n) is 18.0. The Morgan fingerprint density at radius 1 is 0.531 bits per heavy atom. The third-order valence-electron chi connectivity index (χ3n) is 12.5. The molecule has 4 bridgehead atoms. The minimum Gasteiger partial charge on any atom is -0.457 e. The molecular weight excluding hydrogens is 615 g/mol. The molecule has 6 aromatic carbocycles. The largest absolute Gasteiger partial charge is 0.457 e. The van der Waals surface area contributed by atoms with Gasteiger partial charge in [0.2, 0.25) is 0 Å². The number of hydrogen-bond donors (Lipinski definition) is 0. The Balaban J connectivity index is 1.07. The van der Waals surface area contributed by atoms with Crippen LogP contribution in [0.15, 0.2) is 140 Å². The summed E-state index contributed by atoms with van der Waals surface area (Å²) < 4.78 is 9.59. The molecule has 4 aliphatic carbocycles. The van der Waals surface area contributed by atoms with Gasteiger partial charge < -0.3 is 9.64 Å². The zero-order chi connectivity index (χ0) is 32.1. The first-order valence-corrected chi connectivity index (χ1v) is 18.8. The Morgan fingerprint density at radius 3 is 2.06 bits per heavy atom. The van der Waals surface area contributed by atoms with Crippen molar-refractivity contribution in [2.45, 2.75) is 37.5 Å². The smallest absolute Gasteiger partial charge is 0.133 e. The zero-order valence-electron chi connectivity index (χ0n) is 27.4. The Morgan fingerprint density at radius 2 is 1.20 bits per heavy atom. The van der Waals surface area contributed by atoms with E-state index < -0.39 is 0 Å². The molecule has 0 unspecified atom stereocenters. The summed E-state index contributed by atoms with van der Waals surface area (Å²) in [7, 11) is 0. The van der Waals surface area contributed by atoms with Gasteiger partial charge in [0, 0.05) is 59.8 Å². The lowest BCUT2D eigenvalue weighted by atomic mass is 9.42. The highest BCUT2D eigenvalue weighted by atomic mass is 32.1. The van der Waals surface area contributed by atoms with E-state index in [0.717, 1.165) is 40.4 Å². The Labute approximate surface area is 291 Å². The molecule has 5 aliphatic rings. The lowest BCUT2D eigenvalue weighted by molar-refractivity contribution is -0.0452. The summed E-state index contributed by atoms with van der Waals surface area (Å²) in [6, 6.07) is 51.5. The molecule has 0 N–H and O–H groups in total. The van der Waals surface area contributed by atoms with E-state index in [1.54, 1.807) is 0 Å². The maximum absolute atomic E-state index is 6.92. The van der Waals surface area contributed by atoms with Crippen molar-refractivity contribution in [2.24, 2.45) is 23.7 Å². The van der Waals surface area contributed by atoms with E-state index in [0.29, 0.717) is 11.8 Å². The number of nitrogens with zero attached hydrogens (tertiary/aromatic N) is 1. The first kappa shape index (κ1) is 28.0. The third-order valence-corrected chi connectivity index (χ3v) is 13.7. The molecule has 7 aromatic rings. The van der Waals surface area contributed by atoms with Crippen LogP contribution in [-0.4, -0.2) is 0 Å². The zero-order valence-corrected chi connectivity index (χ0v) is 28.2. The summed E-state index contributed by atoms with van der Waals surface area (Å²) in [6.45, 7) is 0. The highest BCUT2D eigenvalue weighted by molar-refractivity contribution is 7.26. The number of ether oxygens (including phenoxy) is 1. The van der Waals surface area contributed by atoms with E-state index in [-0.39, 0.29) is 5.41 Å². The van der Waals surface area contributed by atoms with Crippen LogP contribution in [0.3, 0.4) is 0 Å². The van der Waals surface area contributed by atoms with Gasteiger partial charge in [-0.25, -0.2) is 0 Å². The molecule has 3 heteroatoms. The average molecular weight is 652 g/mol. The van der Waals surface area contributed by atoms with Gasteiger partial charge in [0.15, 0.2) is 0 Å². The molecule has 12 rings (SSSR count). The van der Waals surface area contributed by atoms with Crippen LogP contribution in [0.4, 0.5) is 17.1 Å². The summed E-state index contributed by atoms with van der Waals surface area (Å²) in [5, 5.41) is 2.66. The lowest BCUT2D eigenvalue weighted by Crippen LogP contribution is -2.56. The number of fused-ring (bicyclic) bond motifs is 5. The molecule has 1 aliphatic heterocycles. The second kappa shape index (κ2) is 10.6. The van der Waals surface area contributed by atoms with Crippen molar-refractivity contribution in [3.05, 3.63) is 151 Å². The quantitative estimate of drug-likeness (QED) is 0.188. The molecule has 2 nitrogen and oxygen atoms in total. The van der Waals surface area contributed by atoms with E-state index in [9.17, 15) is 0 Å². The maximum atomic E-state index is 6.92. The van der Waals surface area contributed by atoms with Crippen molar-refractivity contribution in [2.75, 3.05) is 4.90 Å². The fourth-order valence-electron chi connectivity index (χ4n) is 10.9. The van der Waals surface area contributed by atoms with Gasteiger partial charge in [0.05, 0.1) is 0 Å². The Hall–Kier alpha value is -4.86. The normalized spacial score (nSPS) is 24.6. The van der Waals surface area contributed by atoms with Crippen LogP contribution in [0.1, 0.15) is 43.2 Å². The van der Waals surface area contributed by atoms with Crippen LogP contribution in [0.2, 0.25) is 0 Å². The van der Waals surface area contributed by atoms with Gasteiger partial charge in [-0.1, -0.05) is 91.0 Å². The van der Waals surface area contributed by atoms with Crippen molar-refractivity contribution in [3.8, 4) is 22.6 Å². The second-order valence-corrected chi connectivity index (χ2v) is 16.0. The van der Waals surface area contributed by atoms with E-state index in [4.69, 9.17) is 4.74 Å². The topological polar surface area (TPSA) is 12.5 Å². The van der Waals surface area contributed by atoms with Crippen molar-refractivity contribution < 1.29 is 4.74 Å². The summed E-state index contributed by atoms with van der Waals surface area (Å²) in [5.41, 5.74) is 8.82. The standard InChI is InChI=1S/C46H37NOS/c1-2-11-34(12-3-1)47(35-13-8-10-31(27-35)37-15-9-16-39-38-14-4-7-19-44(38)49-45(37)39)36-20-21-41-43(28-36)48-42-18-6-5-17-40(42)46(41)32-23-29-22-30(25-32)26-33(46)24-29/h1-21,27-30,32-33H,22-26H2. The number of anilines is 3. The van der Waals surface area contributed by atoms with Crippen molar-refractivity contribution >= 4 is 48.6 Å². The number of hydrogen-bond acceptors (Lipinski definition) is 3. The van der Waals surface area contributed by atoms with E-state index in [2.05, 4.69) is 144 Å². The average Bonchev–Trinajstić information content (AvgIpc) is 3.53. The highest BCUT2D eigenvalue weighted by Crippen LogP contribution is 2.69. The number of thiophene rings is 1. The number of rotatable bonds is 4. The highest BCUT2D eigenvalue weighted by Gasteiger charge is 2.61. The van der Waals surface area contributed by atoms with E-state index in [1.807, 2.05) is 11.3 Å². The van der Waals surface area contributed by atoms with Crippen molar-refractivity contribution in [3.63, 3.8) is 0 Å². The predicted molar refractivity (Wildman–Crippen MR) is 204 cm³/mol. The Kier molecular flexibility index (Phi) is 6.04. The van der Waals surface area contributed by atoms with Gasteiger partial charge in [-0.3, -0.25) is 0 Å². The van der Waals surface area contributed by atoms with Gasteiger partial charge in [-0.05, 0) is 109 Å². The molecule has 4 fully saturated rings. The molecule has 4 saturated carbocycles. The SMILES string of the molecule is c1ccc(N(c2cccc(-c3cccc4c3sc3ccccc34)c2)c2ccc3c(c2)Oc2ccccc2C32C3CC4CC(C3)CC2C4)cc1. The van der Waals surface area contributed by atoms with Gasteiger partial charge in [-0.15, -0.1) is 11.3 Å². The minimum absolute atomic E-state index is 0.0521. The number of para-hydroxylation sites is 2. The summed E-state index contributed by atoms with van der Waals surface area (Å²) >= 11 is 1.89. The van der Waals surface area contributed by atoms with Crippen LogP contribution in [0.25, 0.3) is 31.3 Å². The molecule has 0 atom stereocenters. The second-order valence-electron chi connectivity index (χ2n) is 15.0. The fraction of sp³-hybridized carbons (Fsp3) is 0.217. The molecule has 2 heterocycles. The maximum Gasteiger partial charge on any atom is 0.133 e. The molecule has 1 spiro atoms. The van der Waals surface area contributed by atoms with Gasteiger partial charge in [-0.2, -0.15) is 0 Å². The molecule has 1 aromatic heterocycles. The van der Waals surface area contributed by atoms with Crippen molar-refractivity contribution in [1.29, 1.82) is 0 Å². The van der Waals surface area contributed by atoms with Gasteiger partial charge >= 0.3 is 0 Å². The third kappa shape index (κ3) is 4.06. The lowest BCUT2D eigenvalue weighted by Gasteiger charge is -2.63. The van der Waals surface area contributed by atoms with Gasteiger partial charge in [0.1, 0.15) is 11.5 Å². The van der Waals surface area contributed by atoms with Crippen molar-refractivity contribution in [1.82, 2.24) is 0 Å². The van der Waals surface area contributed by atoms with E-state index >= 15 is 0 Å². The predicted octanol–water partition coefficient (Wildman–Crippen LogP) is 13.0. The minimum atomic E-state index is 0.0521.